The molecular formula is C14H17NO. The van der Waals surface area contributed by atoms with Gasteiger partial charge in [0.2, 0.25) is 0 Å². The minimum Gasteiger partial charge on any atom is -0.361 e. The molecule has 0 amide bonds. The molecule has 0 saturated heterocycles. The molecule has 0 radical (unpaired) electrons. The molecule has 0 unspecified atom stereocenters. The Morgan fingerprint density at radius 1 is 1.31 bits per heavy atom. The zero-order valence-corrected chi connectivity index (χ0v) is 9.79. The number of Topliss-reactive ketones (excluding diaryl/α,β-unsaturated/α-hetero) is 1. The smallest absolute Gasteiger partial charge is 0.135 e. The fourth-order valence-electron chi connectivity index (χ4n) is 1.88. The monoisotopic (exact) mass is 215 g/mol. The van der Waals surface area contributed by atoms with E-state index >= 15 is 0 Å². The molecule has 0 aliphatic rings. The van der Waals surface area contributed by atoms with E-state index in [-0.39, 0.29) is 5.92 Å². The van der Waals surface area contributed by atoms with E-state index < -0.39 is 0 Å². The average Bonchev–Trinajstić information content (AvgIpc) is 2.69. The van der Waals surface area contributed by atoms with Crippen LogP contribution in [0.1, 0.15) is 25.8 Å². The highest BCUT2D eigenvalue weighted by Gasteiger charge is 2.09. The van der Waals surface area contributed by atoms with E-state index in [1.807, 2.05) is 32.2 Å². The van der Waals surface area contributed by atoms with Crippen molar-refractivity contribution < 1.29 is 4.79 Å². The molecule has 84 valence electrons. The van der Waals surface area contributed by atoms with Gasteiger partial charge in [-0.05, 0) is 18.1 Å². The Bertz CT molecular complexity index is 496. The third-order valence-electron chi connectivity index (χ3n) is 2.96. The largest absolute Gasteiger partial charge is 0.361 e. The molecule has 0 atom stereocenters. The fourth-order valence-corrected chi connectivity index (χ4v) is 1.88. The lowest BCUT2D eigenvalue weighted by Gasteiger charge is -2.02. The number of aromatic amines is 1. The topological polar surface area (TPSA) is 32.9 Å². The Hall–Kier alpha value is -1.57. The van der Waals surface area contributed by atoms with Gasteiger partial charge in [-0.3, -0.25) is 4.79 Å². The molecule has 0 fully saturated rings. The number of hydrogen-bond acceptors (Lipinski definition) is 1. The highest BCUT2D eigenvalue weighted by Crippen LogP contribution is 2.19. The maximum Gasteiger partial charge on any atom is 0.135 e. The SMILES string of the molecule is CC(C)C(=O)CCc1c[nH]c2ccccc12. The Morgan fingerprint density at radius 2 is 2.06 bits per heavy atom. The average molecular weight is 215 g/mol. The van der Waals surface area contributed by atoms with Crippen LogP contribution in [0.4, 0.5) is 0 Å². The molecule has 0 spiro atoms. The minimum absolute atomic E-state index is 0.144. The van der Waals surface area contributed by atoms with Crippen molar-refractivity contribution in [2.24, 2.45) is 5.92 Å². The van der Waals surface area contributed by atoms with Gasteiger partial charge in [-0.2, -0.15) is 0 Å². The summed E-state index contributed by atoms with van der Waals surface area (Å²) in [7, 11) is 0. The van der Waals surface area contributed by atoms with Gasteiger partial charge in [0.1, 0.15) is 5.78 Å². The quantitative estimate of drug-likeness (QED) is 0.833. The van der Waals surface area contributed by atoms with Gasteiger partial charge < -0.3 is 4.98 Å². The lowest BCUT2D eigenvalue weighted by molar-refractivity contribution is -0.121. The zero-order chi connectivity index (χ0) is 11.5. The number of fused-ring (bicyclic) bond motifs is 1. The van der Waals surface area contributed by atoms with Crippen LogP contribution in [0.15, 0.2) is 30.5 Å². The third-order valence-corrected chi connectivity index (χ3v) is 2.96. The number of nitrogens with one attached hydrogen (secondary N) is 1. The Balaban J connectivity index is 2.13. The van der Waals surface area contributed by atoms with Crippen molar-refractivity contribution >= 4 is 16.7 Å². The number of carbonyl (C=O) groups is 1. The van der Waals surface area contributed by atoms with Gasteiger partial charge >= 0.3 is 0 Å². The summed E-state index contributed by atoms with van der Waals surface area (Å²) in [6, 6.07) is 8.20. The molecule has 0 aliphatic carbocycles. The number of aryl methyl sites for hydroxylation is 1. The molecule has 2 nitrogen and oxygen atoms in total. The van der Waals surface area contributed by atoms with E-state index in [0.29, 0.717) is 12.2 Å². The summed E-state index contributed by atoms with van der Waals surface area (Å²) >= 11 is 0. The van der Waals surface area contributed by atoms with E-state index in [1.165, 1.54) is 10.9 Å². The van der Waals surface area contributed by atoms with Gasteiger partial charge in [0, 0.05) is 29.4 Å². The molecule has 1 aromatic carbocycles. The number of rotatable bonds is 4. The highest BCUT2D eigenvalue weighted by molar-refractivity contribution is 5.85. The second kappa shape index (κ2) is 4.52. The van der Waals surface area contributed by atoms with Gasteiger partial charge in [0.05, 0.1) is 0 Å². The van der Waals surface area contributed by atoms with Gasteiger partial charge in [-0.1, -0.05) is 32.0 Å². The van der Waals surface area contributed by atoms with Crippen molar-refractivity contribution in [2.45, 2.75) is 26.7 Å². The van der Waals surface area contributed by atoms with Crippen molar-refractivity contribution in [3.05, 3.63) is 36.0 Å². The van der Waals surface area contributed by atoms with Crippen LogP contribution in [0, 0.1) is 5.92 Å². The molecule has 2 heteroatoms. The number of benzene rings is 1. The zero-order valence-electron chi connectivity index (χ0n) is 9.79. The maximum atomic E-state index is 11.6. The summed E-state index contributed by atoms with van der Waals surface area (Å²) in [6.07, 6.45) is 3.48. The maximum absolute atomic E-state index is 11.6. The lowest BCUT2D eigenvalue weighted by atomic mass is 10.0. The van der Waals surface area contributed by atoms with Crippen molar-refractivity contribution in [3.63, 3.8) is 0 Å². The number of ketones is 1. The molecule has 16 heavy (non-hydrogen) atoms. The summed E-state index contributed by atoms with van der Waals surface area (Å²) in [5.41, 5.74) is 2.39. The van der Waals surface area contributed by atoms with E-state index in [9.17, 15) is 4.79 Å². The van der Waals surface area contributed by atoms with Crippen LogP contribution in [-0.4, -0.2) is 10.8 Å². The standard InChI is InChI=1S/C14H17NO/c1-10(2)14(16)8-7-11-9-15-13-6-4-3-5-12(11)13/h3-6,9-10,15H,7-8H2,1-2H3. The molecule has 0 bridgehead atoms. The number of carbonyl (C=O) groups excluding carboxylic acids is 1. The fraction of sp³-hybridized carbons (Fsp3) is 0.357. The second-order valence-electron chi connectivity index (χ2n) is 4.48. The van der Waals surface area contributed by atoms with Crippen molar-refractivity contribution in [3.8, 4) is 0 Å². The molecule has 1 aromatic heterocycles. The Morgan fingerprint density at radius 3 is 2.81 bits per heavy atom. The summed E-state index contributed by atoms with van der Waals surface area (Å²) in [5.74, 6) is 0.482. The highest BCUT2D eigenvalue weighted by atomic mass is 16.1. The van der Waals surface area contributed by atoms with E-state index in [4.69, 9.17) is 0 Å². The molecular weight excluding hydrogens is 198 g/mol. The minimum atomic E-state index is 0.144. The third kappa shape index (κ3) is 2.16. The number of para-hydroxylation sites is 1. The van der Waals surface area contributed by atoms with Crippen molar-refractivity contribution in [2.75, 3.05) is 0 Å². The summed E-state index contributed by atoms with van der Waals surface area (Å²) in [4.78, 5) is 14.8. The van der Waals surface area contributed by atoms with Crippen molar-refractivity contribution in [1.29, 1.82) is 0 Å². The van der Waals surface area contributed by atoms with E-state index in [2.05, 4.69) is 17.1 Å². The predicted octanol–water partition coefficient (Wildman–Crippen LogP) is 3.33. The molecule has 0 aliphatic heterocycles. The molecule has 1 N–H and O–H groups in total. The molecule has 0 saturated carbocycles. The number of H-pyrrole nitrogens is 1. The first kappa shape index (κ1) is 10.9. The normalized spacial score (nSPS) is 11.2. The van der Waals surface area contributed by atoms with Crippen LogP contribution in [-0.2, 0) is 11.2 Å². The second-order valence-corrected chi connectivity index (χ2v) is 4.48. The van der Waals surface area contributed by atoms with Crippen LogP contribution < -0.4 is 0 Å². The van der Waals surface area contributed by atoms with Gasteiger partial charge in [0.15, 0.2) is 0 Å². The number of aromatic nitrogens is 1. The van der Waals surface area contributed by atoms with Crippen LogP contribution in [0.2, 0.25) is 0 Å². The first-order valence-electron chi connectivity index (χ1n) is 5.76. The Labute approximate surface area is 95.7 Å². The summed E-state index contributed by atoms with van der Waals surface area (Å²) in [5, 5.41) is 1.24. The van der Waals surface area contributed by atoms with Crippen molar-refractivity contribution in [1.82, 2.24) is 4.98 Å². The van der Waals surface area contributed by atoms with Gasteiger partial charge in [0.25, 0.3) is 0 Å². The van der Waals surface area contributed by atoms with Crippen LogP contribution in [0.25, 0.3) is 10.9 Å². The van der Waals surface area contributed by atoms with Crippen LogP contribution >= 0.6 is 0 Å². The first-order chi connectivity index (χ1) is 7.68. The van der Waals surface area contributed by atoms with Gasteiger partial charge in [-0.15, -0.1) is 0 Å². The first-order valence-corrected chi connectivity index (χ1v) is 5.76. The van der Waals surface area contributed by atoms with Crippen LogP contribution in [0.5, 0.6) is 0 Å². The Kier molecular flexibility index (Phi) is 3.09. The van der Waals surface area contributed by atoms with Gasteiger partial charge in [-0.25, -0.2) is 0 Å². The van der Waals surface area contributed by atoms with E-state index in [1.54, 1.807) is 0 Å². The molecule has 2 rings (SSSR count). The number of hydrogen-bond donors (Lipinski definition) is 1. The summed E-state index contributed by atoms with van der Waals surface area (Å²) in [6.45, 7) is 3.91. The van der Waals surface area contributed by atoms with Crippen LogP contribution in [0.3, 0.4) is 0 Å². The summed E-state index contributed by atoms with van der Waals surface area (Å²) < 4.78 is 0. The predicted molar refractivity (Wildman–Crippen MR) is 66.5 cm³/mol. The van der Waals surface area contributed by atoms with E-state index in [0.717, 1.165) is 11.9 Å². The molecule has 1 heterocycles. The lowest BCUT2D eigenvalue weighted by Crippen LogP contribution is -2.07. The molecule has 2 aromatic rings.